The lowest BCUT2D eigenvalue weighted by Gasteiger charge is -2.22. The van der Waals surface area contributed by atoms with E-state index in [4.69, 9.17) is 9.57 Å². The summed E-state index contributed by atoms with van der Waals surface area (Å²) >= 11 is 0. The number of nitrogens with zero attached hydrogens (tertiary/aromatic N) is 1. The first-order valence-corrected chi connectivity index (χ1v) is 7.70. The molecule has 1 aromatic carbocycles. The van der Waals surface area contributed by atoms with Crippen LogP contribution in [0.1, 0.15) is 29.6 Å². The van der Waals surface area contributed by atoms with Gasteiger partial charge in [-0.05, 0) is 31.0 Å². The highest BCUT2D eigenvalue weighted by Crippen LogP contribution is 2.20. The molecule has 7 nitrogen and oxygen atoms in total. The van der Waals surface area contributed by atoms with Gasteiger partial charge in [0.25, 0.3) is 5.91 Å². The third-order valence-electron chi connectivity index (χ3n) is 3.79. The Morgan fingerprint density at radius 3 is 2.88 bits per heavy atom. The number of amides is 1. The second kappa shape index (κ2) is 6.89. The number of hydrogen-bond acceptors (Lipinski definition) is 4. The summed E-state index contributed by atoms with van der Waals surface area (Å²) in [7, 11) is 0. The third kappa shape index (κ3) is 4.20. The molecule has 0 spiro atoms. The lowest BCUT2D eigenvalue weighted by molar-refractivity contribution is -0.186. The van der Waals surface area contributed by atoms with E-state index in [1.54, 1.807) is 0 Å². The van der Waals surface area contributed by atoms with Crippen LogP contribution in [-0.2, 0) is 16.1 Å². The Hall–Kier alpha value is -2.33. The molecule has 1 aliphatic heterocycles. The number of benzene rings is 1. The first kappa shape index (κ1) is 17.5. The van der Waals surface area contributed by atoms with Crippen LogP contribution in [0.4, 0.5) is 13.2 Å². The molecule has 1 atom stereocenters. The van der Waals surface area contributed by atoms with Crippen molar-refractivity contribution in [3.05, 3.63) is 34.2 Å². The summed E-state index contributed by atoms with van der Waals surface area (Å²) in [6.07, 6.45) is -2.52. The number of carbonyl (C=O) groups is 1. The number of carbonyl (C=O) groups excluding carboxylic acids is 1. The molecule has 3 rings (SSSR count). The topological polar surface area (TPSA) is 85.3 Å². The van der Waals surface area contributed by atoms with Gasteiger partial charge in [0.2, 0.25) is 0 Å². The van der Waals surface area contributed by atoms with E-state index in [1.165, 1.54) is 18.2 Å². The summed E-state index contributed by atoms with van der Waals surface area (Å²) in [6.45, 7) is -0.847. The van der Waals surface area contributed by atoms with Crippen molar-refractivity contribution in [2.24, 2.45) is 0 Å². The Balaban J connectivity index is 1.74. The molecule has 0 aliphatic carbocycles. The van der Waals surface area contributed by atoms with Crippen molar-refractivity contribution in [3.8, 4) is 0 Å². The summed E-state index contributed by atoms with van der Waals surface area (Å²) < 4.78 is 43.5. The van der Waals surface area contributed by atoms with Gasteiger partial charge in [-0.25, -0.2) is 15.1 Å². The number of imidazole rings is 1. The minimum atomic E-state index is -4.52. The fourth-order valence-corrected chi connectivity index (χ4v) is 2.62. The zero-order valence-electron chi connectivity index (χ0n) is 13.1. The van der Waals surface area contributed by atoms with E-state index in [2.05, 4.69) is 10.5 Å². The van der Waals surface area contributed by atoms with E-state index in [0.717, 1.165) is 12.8 Å². The van der Waals surface area contributed by atoms with E-state index < -0.39 is 30.6 Å². The van der Waals surface area contributed by atoms with Gasteiger partial charge in [-0.3, -0.25) is 9.36 Å². The van der Waals surface area contributed by atoms with Gasteiger partial charge in [-0.2, -0.15) is 13.2 Å². The quantitative estimate of drug-likeness (QED) is 0.819. The average molecular weight is 359 g/mol. The number of aromatic nitrogens is 2. The number of alkyl halides is 3. The van der Waals surface area contributed by atoms with Crippen LogP contribution in [-0.4, -0.2) is 34.5 Å². The van der Waals surface area contributed by atoms with Crippen LogP contribution in [0.25, 0.3) is 11.0 Å². The lowest BCUT2D eigenvalue weighted by atomic mass is 10.2. The molecule has 136 valence electrons. The Morgan fingerprint density at radius 2 is 2.20 bits per heavy atom. The first-order valence-electron chi connectivity index (χ1n) is 7.70. The highest BCUT2D eigenvalue weighted by Gasteiger charge is 2.30. The van der Waals surface area contributed by atoms with Gasteiger partial charge >= 0.3 is 11.9 Å². The van der Waals surface area contributed by atoms with Crippen LogP contribution in [0.15, 0.2) is 23.0 Å². The van der Waals surface area contributed by atoms with Crippen LogP contribution >= 0.6 is 0 Å². The molecule has 0 unspecified atom stereocenters. The number of halogens is 3. The Labute approximate surface area is 139 Å². The lowest BCUT2D eigenvalue weighted by Crippen LogP contribution is -2.33. The van der Waals surface area contributed by atoms with Crippen molar-refractivity contribution in [2.45, 2.75) is 38.3 Å². The Bertz CT molecular complexity index is 822. The number of rotatable bonds is 4. The highest BCUT2D eigenvalue weighted by atomic mass is 19.4. The van der Waals surface area contributed by atoms with Crippen LogP contribution in [0.2, 0.25) is 0 Å². The molecule has 1 aromatic heterocycles. The van der Waals surface area contributed by atoms with Gasteiger partial charge in [0.05, 0.1) is 11.0 Å². The van der Waals surface area contributed by atoms with Gasteiger partial charge in [0.1, 0.15) is 6.54 Å². The van der Waals surface area contributed by atoms with Gasteiger partial charge < -0.3 is 9.72 Å². The number of hydroxylamine groups is 1. The van der Waals surface area contributed by atoms with Crippen molar-refractivity contribution in [3.63, 3.8) is 0 Å². The van der Waals surface area contributed by atoms with E-state index in [1.807, 2.05) is 0 Å². The molecular weight excluding hydrogens is 343 g/mol. The van der Waals surface area contributed by atoms with Crippen molar-refractivity contribution in [2.75, 3.05) is 6.61 Å². The predicted octanol–water partition coefficient (Wildman–Crippen LogP) is 2.08. The maximum absolute atomic E-state index is 12.5. The number of H-pyrrole nitrogens is 1. The molecular formula is C15H16F3N3O4. The number of fused-ring (bicyclic) bond motifs is 1. The largest absolute Gasteiger partial charge is 0.406 e. The van der Waals surface area contributed by atoms with E-state index in [9.17, 15) is 22.8 Å². The van der Waals surface area contributed by atoms with Crippen LogP contribution in [0.5, 0.6) is 0 Å². The molecule has 0 saturated carbocycles. The van der Waals surface area contributed by atoms with E-state index in [-0.39, 0.29) is 16.6 Å². The number of ether oxygens (including phenoxy) is 1. The Kier molecular flexibility index (Phi) is 4.82. The van der Waals surface area contributed by atoms with Gasteiger partial charge in [-0.1, -0.05) is 0 Å². The summed E-state index contributed by atoms with van der Waals surface area (Å²) in [6, 6.07) is 3.90. The molecule has 1 saturated heterocycles. The smallest absolute Gasteiger partial charge is 0.350 e. The molecule has 1 amide bonds. The van der Waals surface area contributed by atoms with Gasteiger partial charge in [-0.15, -0.1) is 0 Å². The van der Waals surface area contributed by atoms with Gasteiger partial charge in [0, 0.05) is 18.6 Å². The van der Waals surface area contributed by atoms with Crippen LogP contribution in [0, 0.1) is 0 Å². The molecule has 2 aromatic rings. The van der Waals surface area contributed by atoms with Crippen LogP contribution in [0.3, 0.4) is 0 Å². The highest BCUT2D eigenvalue weighted by molar-refractivity contribution is 5.96. The second-order valence-corrected chi connectivity index (χ2v) is 5.71. The SMILES string of the molecule is O=C(NO[C@H]1CCCCO1)c1ccc2c(c1)[nH]c(=O)n2CC(F)(F)F. The zero-order chi connectivity index (χ0) is 18.0. The van der Waals surface area contributed by atoms with Crippen molar-refractivity contribution in [1.29, 1.82) is 0 Å². The predicted molar refractivity (Wildman–Crippen MR) is 80.8 cm³/mol. The van der Waals surface area contributed by atoms with E-state index >= 15 is 0 Å². The molecule has 2 heterocycles. The monoisotopic (exact) mass is 359 g/mol. The first-order chi connectivity index (χ1) is 11.8. The zero-order valence-corrected chi connectivity index (χ0v) is 13.1. The average Bonchev–Trinajstić information content (AvgIpc) is 2.87. The van der Waals surface area contributed by atoms with E-state index in [0.29, 0.717) is 17.6 Å². The standard InChI is InChI=1S/C15H16F3N3O4/c16-15(17,18)8-21-11-5-4-9(7-10(11)19-14(21)23)13(22)20-25-12-3-1-2-6-24-12/h4-5,7,12H,1-3,6,8H2,(H,19,23)(H,20,22)/t12-/m0/s1. The number of hydrogen-bond donors (Lipinski definition) is 2. The maximum Gasteiger partial charge on any atom is 0.406 e. The number of nitrogens with one attached hydrogen (secondary N) is 2. The number of aromatic amines is 1. The summed E-state index contributed by atoms with van der Waals surface area (Å²) in [4.78, 5) is 31.2. The molecule has 0 bridgehead atoms. The second-order valence-electron chi connectivity index (χ2n) is 5.71. The molecule has 1 aliphatic rings. The fraction of sp³-hybridized carbons (Fsp3) is 0.467. The molecule has 1 fully saturated rings. The fourth-order valence-electron chi connectivity index (χ4n) is 2.62. The van der Waals surface area contributed by atoms with Crippen molar-refractivity contribution < 1.29 is 27.5 Å². The van der Waals surface area contributed by atoms with Gasteiger partial charge in [0.15, 0.2) is 6.29 Å². The molecule has 10 heteroatoms. The summed E-state index contributed by atoms with van der Waals surface area (Å²) in [5.74, 6) is -0.583. The molecule has 2 N–H and O–H groups in total. The minimum Gasteiger partial charge on any atom is -0.350 e. The van der Waals surface area contributed by atoms with Crippen molar-refractivity contribution >= 4 is 16.9 Å². The Morgan fingerprint density at radius 1 is 1.40 bits per heavy atom. The summed E-state index contributed by atoms with van der Waals surface area (Å²) in [5.41, 5.74) is 1.70. The summed E-state index contributed by atoms with van der Waals surface area (Å²) in [5, 5.41) is 0. The minimum absolute atomic E-state index is 0.0652. The third-order valence-corrected chi connectivity index (χ3v) is 3.79. The molecule has 0 radical (unpaired) electrons. The van der Waals surface area contributed by atoms with Crippen molar-refractivity contribution in [1.82, 2.24) is 15.0 Å². The maximum atomic E-state index is 12.5. The molecule has 25 heavy (non-hydrogen) atoms. The van der Waals surface area contributed by atoms with Crippen LogP contribution < -0.4 is 11.2 Å². The normalized spacial score (nSPS) is 18.4.